The molecule has 2 N–H and O–H groups in total. The van der Waals surface area contributed by atoms with Crippen LogP contribution in [0.3, 0.4) is 0 Å². The average Bonchev–Trinajstić information content (AvgIpc) is 2.89. The van der Waals surface area contributed by atoms with Crippen LogP contribution in [0.4, 0.5) is 0 Å². The van der Waals surface area contributed by atoms with Crippen molar-refractivity contribution < 1.29 is 14.7 Å². The van der Waals surface area contributed by atoms with Crippen molar-refractivity contribution in [3.8, 4) is 0 Å². The molecule has 1 aliphatic rings. The van der Waals surface area contributed by atoms with Crippen molar-refractivity contribution in [2.75, 3.05) is 12.3 Å². The van der Waals surface area contributed by atoms with Crippen LogP contribution in [-0.2, 0) is 9.59 Å². The fourth-order valence-electron chi connectivity index (χ4n) is 2.47. The fourth-order valence-corrected chi connectivity index (χ4v) is 3.65. The number of rotatable bonds is 9. The van der Waals surface area contributed by atoms with Gasteiger partial charge in [0.15, 0.2) is 0 Å². The third-order valence-corrected chi connectivity index (χ3v) is 4.91. The standard InChI is InChI=1S/C14H25NO3S/c1-2-4-11(6-7-13(16)17)8-9-15-14(18)12-5-3-10-19-12/h11-12H,2-10H2,1H3,(H,15,18)(H,16,17). The van der Waals surface area contributed by atoms with E-state index in [1.54, 1.807) is 11.8 Å². The topological polar surface area (TPSA) is 66.4 Å². The number of carbonyl (C=O) groups is 2. The lowest BCUT2D eigenvalue weighted by atomic mass is 9.94. The van der Waals surface area contributed by atoms with E-state index in [-0.39, 0.29) is 17.6 Å². The summed E-state index contributed by atoms with van der Waals surface area (Å²) in [6.07, 6.45) is 6.09. The van der Waals surface area contributed by atoms with E-state index >= 15 is 0 Å². The molecule has 1 saturated heterocycles. The maximum absolute atomic E-state index is 11.8. The van der Waals surface area contributed by atoms with Crippen LogP contribution < -0.4 is 5.32 Å². The Labute approximate surface area is 119 Å². The predicted molar refractivity (Wildman–Crippen MR) is 78.4 cm³/mol. The second-order valence-electron chi connectivity index (χ2n) is 5.17. The van der Waals surface area contributed by atoms with Gasteiger partial charge in [-0.25, -0.2) is 0 Å². The molecule has 5 heteroatoms. The van der Waals surface area contributed by atoms with Crippen molar-refractivity contribution in [1.29, 1.82) is 0 Å². The molecule has 0 saturated carbocycles. The first-order valence-electron chi connectivity index (χ1n) is 7.24. The maximum Gasteiger partial charge on any atom is 0.303 e. The summed E-state index contributed by atoms with van der Waals surface area (Å²) in [7, 11) is 0. The minimum Gasteiger partial charge on any atom is -0.481 e. The summed E-state index contributed by atoms with van der Waals surface area (Å²) in [5.41, 5.74) is 0. The lowest BCUT2D eigenvalue weighted by molar-refractivity contribution is -0.137. The number of carbonyl (C=O) groups excluding carboxylic acids is 1. The van der Waals surface area contributed by atoms with Gasteiger partial charge in [-0.3, -0.25) is 9.59 Å². The molecule has 1 amide bonds. The van der Waals surface area contributed by atoms with Gasteiger partial charge in [-0.15, -0.1) is 11.8 Å². The van der Waals surface area contributed by atoms with Crippen molar-refractivity contribution >= 4 is 23.6 Å². The Hall–Kier alpha value is -0.710. The summed E-state index contributed by atoms with van der Waals surface area (Å²) in [6.45, 7) is 2.79. The normalized spacial score (nSPS) is 20.2. The SMILES string of the molecule is CCCC(CCNC(=O)C1CCCS1)CCC(=O)O. The second kappa shape index (κ2) is 9.23. The largest absolute Gasteiger partial charge is 0.481 e. The molecular weight excluding hydrogens is 262 g/mol. The van der Waals surface area contributed by atoms with E-state index in [0.717, 1.165) is 44.3 Å². The zero-order valence-electron chi connectivity index (χ0n) is 11.7. The molecule has 0 aliphatic carbocycles. The minimum absolute atomic E-state index is 0.142. The highest BCUT2D eigenvalue weighted by atomic mass is 32.2. The summed E-state index contributed by atoms with van der Waals surface area (Å²) >= 11 is 1.74. The van der Waals surface area contributed by atoms with Gasteiger partial charge in [-0.2, -0.15) is 0 Å². The fraction of sp³-hybridized carbons (Fsp3) is 0.857. The first-order valence-corrected chi connectivity index (χ1v) is 8.29. The molecule has 2 atom stereocenters. The van der Waals surface area contributed by atoms with Crippen LogP contribution in [0.5, 0.6) is 0 Å². The number of carboxylic acid groups (broad SMARTS) is 1. The highest BCUT2D eigenvalue weighted by Gasteiger charge is 2.23. The van der Waals surface area contributed by atoms with Gasteiger partial charge in [-0.05, 0) is 37.4 Å². The first-order chi connectivity index (χ1) is 9.13. The molecule has 19 heavy (non-hydrogen) atoms. The highest BCUT2D eigenvalue weighted by Crippen LogP contribution is 2.26. The summed E-state index contributed by atoms with van der Waals surface area (Å²) in [5, 5.41) is 11.9. The van der Waals surface area contributed by atoms with Crippen LogP contribution >= 0.6 is 11.8 Å². The molecule has 0 aromatic heterocycles. The molecule has 1 heterocycles. The first kappa shape index (κ1) is 16.3. The number of hydrogen-bond acceptors (Lipinski definition) is 3. The molecular formula is C14H25NO3S. The zero-order chi connectivity index (χ0) is 14.1. The third-order valence-electron chi connectivity index (χ3n) is 3.54. The van der Waals surface area contributed by atoms with Gasteiger partial charge in [0.2, 0.25) is 5.91 Å². The van der Waals surface area contributed by atoms with Crippen molar-refractivity contribution in [2.24, 2.45) is 5.92 Å². The van der Waals surface area contributed by atoms with Gasteiger partial charge in [-0.1, -0.05) is 19.8 Å². The van der Waals surface area contributed by atoms with Crippen LogP contribution in [0.2, 0.25) is 0 Å². The van der Waals surface area contributed by atoms with Crippen molar-refractivity contribution in [3.63, 3.8) is 0 Å². The van der Waals surface area contributed by atoms with E-state index in [2.05, 4.69) is 12.2 Å². The lowest BCUT2D eigenvalue weighted by Gasteiger charge is -2.16. The van der Waals surface area contributed by atoms with Crippen LogP contribution in [0.15, 0.2) is 0 Å². The molecule has 0 bridgehead atoms. The van der Waals surface area contributed by atoms with Crippen molar-refractivity contribution in [2.45, 2.75) is 57.1 Å². The Kier molecular flexibility index (Phi) is 7.94. The molecule has 0 aromatic rings. The Bertz CT molecular complexity index is 290. The van der Waals surface area contributed by atoms with Crippen LogP contribution in [0.1, 0.15) is 51.9 Å². The van der Waals surface area contributed by atoms with Gasteiger partial charge in [0.1, 0.15) is 0 Å². The average molecular weight is 287 g/mol. The van der Waals surface area contributed by atoms with Gasteiger partial charge in [0, 0.05) is 13.0 Å². The van der Waals surface area contributed by atoms with E-state index in [0.29, 0.717) is 12.5 Å². The Morgan fingerprint density at radius 2 is 2.16 bits per heavy atom. The molecule has 1 rings (SSSR count). The molecule has 0 spiro atoms. The van der Waals surface area contributed by atoms with E-state index in [1.165, 1.54) is 0 Å². The smallest absolute Gasteiger partial charge is 0.303 e. The van der Waals surface area contributed by atoms with Crippen LogP contribution in [-0.4, -0.2) is 34.5 Å². The number of thioether (sulfide) groups is 1. The van der Waals surface area contributed by atoms with Crippen molar-refractivity contribution in [3.05, 3.63) is 0 Å². The number of aliphatic carboxylic acids is 1. The second-order valence-corrected chi connectivity index (χ2v) is 6.48. The van der Waals surface area contributed by atoms with Gasteiger partial charge in [0.05, 0.1) is 5.25 Å². The number of hydrogen-bond donors (Lipinski definition) is 2. The zero-order valence-corrected chi connectivity index (χ0v) is 12.5. The molecule has 0 radical (unpaired) electrons. The number of carboxylic acids is 1. The monoisotopic (exact) mass is 287 g/mol. The Morgan fingerprint density at radius 3 is 2.74 bits per heavy atom. The maximum atomic E-state index is 11.8. The third kappa shape index (κ3) is 6.85. The molecule has 1 fully saturated rings. The van der Waals surface area contributed by atoms with E-state index in [1.807, 2.05) is 0 Å². The van der Waals surface area contributed by atoms with E-state index < -0.39 is 5.97 Å². The minimum atomic E-state index is -0.729. The molecule has 4 nitrogen and oxygen atoms in total. The number of amides is 1. The summed E-state index contributed by atoms with van der Waals surface area (Å²) < 4.78 is 0. The number of nitrogens with one attached hydrogen (secondary N) is 1. The molecule has 1 aliphatic heterocycles. The van der Waals surface area contributed by atoms with Gasteiger partial charge >= 0.3 is 5.97 Å². The summed E-state index contributed by atoms with van der Waals surface area (Å²) in [6, 6.07) is 0. The quantitative estimate of drug-likeness (QED) is 0.684. The molecule has 0 aromatic carbocycles. The molecule has 110 valence electrons. The van der Waals surface area contributed by atoms with Gasteiger partial charge in [0.25, 0.3) is 0 Å². The van der Waals surface area contributed by atoms with Crippen LogP contribution in [0.25, 0.3) is 0 Å². The van der Waals surface area contributed by atoms with E-state index in [4.69, 9.17) is 5.11 Å². The Morgan fingerprint density at radius 1 is 1.37 bits per heavy atom. The Balaban J connectivity index is 2.19. The summed E-state index contributed by atoms with van der Waals surface area (Å²) in [5.74, 6) is 0.941. The lowest BCUT2D eigenvalue weighted by Crippen LogP contribution is -2.32. The summed E-state index contributed by atoms with van der Waals surface area (Å²) in [4.78, 5) is 22.4. The highest BCUT2D eigenvalue weighted by molar-refractivity contribution is 8.00. The van der Waals surface area contributed by atoms with Crippen LogP contribution in [0, 0.1) is 5.92 Å². The van der Waals surface area contributed by atoms with E-state index in [9.17, 15) is 9.59 Å². The molecule has 2 unspecified atom stereocenters. The predicted octanol–water partition coefficient (Wildman–Crippen LogP) is 2.67. The van der Waals surface area contributed by atoms with Crippen molar-refractivity contribution in [1.82, 2.24) is 5.32 Å². The van der Waals surface area contributed by atoms with Gasteiger partial charge < -0.3 is 10.4 Å².